The number of aliphatic hydroxyl groups is 2. The lowest BCUT2D eigenvalue weighted by atomic mass is 10.1. The van der Waals surface area contributed by atoms with Gasteiger partial charge in [0.15, 0.2) is 12.4 Å². The predicted molar refractivity (Wildman–Crippen MR) is 51.5 cm³/mol. The number of aliphatic hydroxyl groups excluding tert-OH is 2. The molecular formula is C9H13FN2O5. The van der Waals surface area contributed by atoms with Gasteiger partial charge >= 0.3 is 6.03 Å². The summed E-state index contributed by atoms with van der Waals surface area (Å²) in [5.74, 6) is -1.01. The van der Waals surface area contributed by atoms with Gasteiger partial charge < -0.3 is 14.9 Å². The SMILES string of the molecule is C[C@H]1O[C@@H](N2CC(F)C(=O)NC2=O)[C@H](O)[C@@H]1O. The second kappa shape index (κ2) is 4.21. The van der Waals surface area contributed by atoms with Crippen LogP contribution in [0.2, 0.25) is 0 Å². The van der Waals surface area contributed by atoms with Gasteiger partial charge in [-0.3, -0.25) is 15.0 Å². The quantitative estimate of drug-likeness (QED) is 0.516. The number of alkyl halides is 1. The van der Waals surface area contributed by atoms with Crippen molar-refractivity contribution in [1.82, 2.24) is 10.2 Å². The van der Waals surface area contributed by atoms with Crippen molar-refractivity contribution in [3.8, 4) is 0 Å². The van der Waals surface area contributed by atoms with E-state index in [2.05, 4.69) is 0 Å². The fourth-order valence-corrected chi connectivity index (χ4v) is 1.90. The van der Waals surface area contributed by atoms with E-state index in [0.29, 0.717) is 0 Å². The summed E-state index contributed by atoms with van der Waals surface area (Å²) in [5.41, 5.74) is 0. The van der Waals surface area contributed by atoms with Crippen molar-refractivity contribution in [2.75, 3.05) is 6.54 Å². The molecule has 5 atom stereocenters. The second-order valence-electron chi connectivity index (χ2n) is 4.13. The Morgan fingerprint density at radius 3 is 2.59 bits per heavy atom. The summed E-state index contributed by atoms with van der Waals surface area (Å²) in [6.07, 6.45) is -6.15. The Hall–Kier alpha value is -1.25. The fourth-order valence-electron chi connectivity index (χ4n) is 1.90. The number of carbonyl (C=O) groups excluding carboxylic acids is 2. The molecule has 8 heteroatoms. The molecule has 96 valence electrons. The van der Waals surface area contributed by atoms with E-state index in [9.17, 15) is 24.2 Å². The first-order valence-corrected chi connectivity index (χ1v) is 5.19. The minimum Gasteiger partial charge on any atom is -0.388 e. The van der Waals surface area contributed by atoms with Gasteiger partial charge in [-0.25, -0.2) is 9.18 Å². The Morgan fingerprint density at radius 1 is 1.41 bits per heavy atom. The summed E-state index contributed by atoms with van der Waals surface area (Å²) >= 11 is 0. The Morgan fingerprint density at radius 2 is 2.06 bits per heavy atom. The van der Waals surface area contributed by atoms with Gasteiger partial charge in [0.05, 0.1) is 12.6 Å². The van der Waals surface area contributed by atoms with Crippen LogP contribution >= 0.6 is 0 Å². The maximum absolute atomic E-state index is 13.2. The van der Waals surface area contributed by atoms with Gasteiger partial charge in [-0.1, -0.05) is 0 Å². The average Bonchev–Trinajstić information content (AvgIpc) is 2.51. The maximum atomic E-state index is 13.2. The Kier molecular flexibility index (Phi) is 3.02. The molecule has 0 bridgehead atoms. The van der Waals surface area contributed by atoms with Crippen LogP contribution in [0, 0.1) is 0 Å². The molecular weight excluding hydrogens is 235 g/mol. The van der Waals surface area contributed by atoms with Crippen LogP contribution in [0.25, 0.3) is 0 Å². The summed E-state index contributed by atoms with van der Waals surface area (Å²) in [7, 11) is 0. The van der Waals surface area contributed by atoms with Crippen molar-refractivity contribution in [1.29, 1.82) is 0 Å². The van der Waals surface area contributed by atoms with Crippen LogP contribution < -0.4 is 5.32 Å². The zero-order valence-electron chi connectivity index (χ0n) is 9.04. The van der Waals surface area contributed by atoms with E-state index in [0.717, 1.165) is 4.90 Å². The van der Waals surface area contributed by atoms with E-state index in [1.807, 2.05) is 0 Å². The van der Waals surface area contributed by atoms with E-state index in [1.165, 1.54) is 6.92 Å². The lowest BCUT2D eigenvalue weighted by Gasteiger charge is -2.34. The molecule has 7 nitrogen and oxygen atoms in total. The molecule has 2 heterocycles. The van der Waals surface area contributed by atoms with Crippen molar-refractivity contribution in [2.24, 2.45) is 0 Å². The first-order chi connectivity index (χ1) is 7.91. The number of rotatable bonds is 1. The lowest BCUT2D eigenvalue weighted by Crippen LogP contribution is -2.60. The third-order valence-electron chi connectivity index (χ3n) is 2.92. The minimum absolute atomic E-state index is 0.494. The van der Waals surface area contributed by atoms with Gasteiger partial charge in [0.25, 0.3) is 5.91 Å². The number of hydrogen-bond donors (Lipinski definition) is 3. The standard InChI is InChI=1S/C9H13FN2O5/c1-3-5(13)6(14)8(17-3)12-2-4(10)7(15)11-9(12)16/h3-6,8,13-14H,2H2,1H3,(H,11,15,16)/t3-,4?,5-,6-,8-/m1/s1. The number of nitrogens with one attached hydrogen (secondary N) is 1. The molecule has 0 aromatic rings. The molecule has 0 aromatic heterocycles. The van der Waals surface area contributed by atoms with Crippen LogP contribution in [0.15, 0.2) is 0 Å². The summed E-state index contributed by atoms with van der Waals surface area (Å²) in [6.45, 7) is 1.03. The molecule has 3 N–H and O–H groups in total. The molecule has 0 spiro atoms. The molecule has 17 heavy (non-hydrogen) atoms. The van der Waals surface area contributed by atoms with Crippen LogP contribution in [0.4, 0.5) is 9.18 Å². The number of ether oxygens (including phenoxy) is 1. The van der Waals surface area contributed by atoms with Gasteiger partial charge in [0, 0.05) is 0 Å². The zero-order chi connectivity index (χ0) is 12.7. The van der Waals surface area contributed by atoms with Gasteiger partial charge in [-0.05, 0) is 6.92 Å². The third-order valence-corrected chi connectivity index (χ3v) is 2.92. The summed E-state index contributed by atoms with van der Waals surface area (Å²) < 4.78 is 18.3. The van der Waals surface area contributed by atoms with Crippen molar-refractivity contribution in [3.63, 3.8) is 0 Å². The van der Waals surface area contributed by atoms with Crippen molar-refractivity contribution >= 4 is 11.9 Å². The predicted octanol–water partition coefficient (Wildman–Crippen LogP) is -1.66. The number of hydrogen-bond acceptors (Lipinski definition) is 5. The smallest absolute Gasteiger partial charge is 0.326 e. The highest BCUT2D eigenvalue weighted by atomic mass is 19.1. The lowest BCUT2D eigenvalue weighted by molar-refractivity contribution is -0.131. The monoisotopic (exact) mass is 248 g/mol. The van der Waals surface area contributed by atoms with Crippen LogP contribution in [-0.2, 0) is 9.53 Å². The average molecular weight is 248 g/mol. The number of carbonyl (C=O) groups is 2. The minimum atomic E-state index is -1.86. The number of urea groups is 1. The molecule has 0 saturated carbocycles. The van der Waals surface area contributed by atoms with Crippen molar-refractivity contribution < 1.29 is 28.9 Å². The number of amides is 3. The van der Waals surface area contributed by atoms with E-state index in [-0.39, 0.29) is 0 Å². The number of nitrogens with zero attached hydrogens (tertiary/aromatic N) is 1. The van der Waals surface area contributed by atoms with Gasteiger partial charge in [-0.15, -0.1) is 0 Å². The normalized spacial score (nSPS) is 42.8. The van der Waals surface area contributed by atoms with Gasteiger partial charge in [0.2, 0.25) is 0 Å². The summed E-state index contributed by atoms with van der Waals surface area (Å²) in [5, 5.41) is 20.9. The van der Waals surface area contributed by atoms with Crippen LogP contribution in [0.1, 0.15) is 6.92 Å². The van der Waals surface area contributed by atoms with Crippen LogP contribution in [0.3, 0.4) is 0 Å². The molecule has 2 saturated heterocycles. The highest BCUT2D eigenvalue weighted by Gasteiger charge is 2.47. The highest BCUT2D eigenvalue weighted by Crippen LogP contribution is 2.25. The Labute approximate surface area is 96.1 Å². The second-order valence-corrected chi connectivity index (χ2v) is 4.13. The van der Waals surface area contributed by atoms with Gasteiger partial charge in [-0.2, -0.15) is 0 Å². The van der Waals surface area contributed by atoms with E-state index in [1.54, 1.807) is 5.32 Å². The van der Waals surface area contributed by atoms with Crippen molar-refractivity contribution in [3.05, 3.63) is 0 Å². The molecule has 3 amide bonds. The van der Waals surface area contributed by atoms with Crippen LogP contribution in [0.5, 0.6) is 0 Å². The van der Waals surface area contributed by atoms with Crippen LogP contribution in [-0.4, -0.2) is 64.3 Å². The first-order valence-electron chi connectivity index (χ1n) is 5.19. The summed E-state index contributed by atoms with van der Waals surface area (Å²) in [6, 6.07) is -0.839. The fraction of sp³-hybridized carbons (Fsp3) is 0.778. The zero-order valence-corrected chi connectivity index (χ0v) is 9.04. The molecule has 0 aliphatic carbocycles. The largest absolute Gasteiger partial charge is 0.388 e. The summed E-state index contributed by atoms with van der Waals surface area (Å²) in [4.78, 5) is 23.2. The first kappa shape index (κ1) is 12.2. The Bertz CT molecular complexity index is 352. The van der Waals surface area contributed by atoms with Gasteiger partial charge in [0.1, 0.15) is 12.2 Å². The molecule has 2 fully saturated rings. The highest BCUT2D eigenvalue weighted by molar-refractivity contribution is 5.99. The maximum Gasteiger partial charge on any atom is 0.326 e. The molecule has 2 aliphatic heterocycles. The Balaban J connectivity index is 2.12. The van der Waals surface area contributed by atoms with E-state index >= 15 is 0 Å². The molecule has 0 aromatic carbocycles. The molecule has 1 unspecified atom stereocenters. The molecule has 2 rings (SSSR count). The van der Waals surface area contributed by atoms with E-state index < -0.39 is 49.2 Å². The molecule has 2 aliphatic rings. The number of imide groups is 1. The molecule has 0 radical (unpaired) electrons. The number of halogens is 1. The third kappa shape index (κ3) is 1.99. The topological polar surface area (TPSA) is 99.1 Å². The van der Waals surface area contributed by atoms with E-state index in [4.69, 9.17) is 4.74 Å². The van der Waals surface area contributed by atoms with Crippen molar-refractivity contribution in [2.45, 2.75) is 37.6 Å².